The van der Waals surface area contributed by atoms with Gasteiger partial charge in [0.05, 0.1) is 18.9 Å². The highest BCUT2D eigenvalue weighted by Crippen LogP contribution is 2.21. The molecule has 1 fully saturated rings. The van der Waals surface area contributed by atoms with Gasteiger partial charge in [0.25, 0.3) is 16.0 Å². The van der Waals surface area contributed by atoms with E-state index in [0.717, 1.165) is 12.8 Å². The topological polar surface area (TPSA) is 110 Å². The van der Waals surface area contributed by atoms with Gasteiger partial charge in [-0.1, -0.05) is 0 Å². The van der Waals surface area contributed by atoms with Crippen LogP contribution in [0, 0.1) is 0 Å². The Labute approximate surface area is 115 Å². The van der Waals surface area contributed by atoms with E-state index in [1.807, 2.05) is 0 Å². The van der Waals surface area contributed by atoms with Gasteiger partial charge in [-0.05, 0) is 25.0 Å². The van der Waals surface area contributed by atoms with Crippen molar-refractivity contribution in [3.05, 3.63) is 30.3 Å². The predicted molar refractivity (Wildman–Crippen MR) is 69.2 cm³/mol. The molecular formula is C11H13N5O3S. The first-order chi connectivity index (χ1) is 9.63. The highest BCUT2D eigenvalue weighted by atomic mass is 32.2. The van der Waals surface area contributed by atoms with Crippen LogP contribution in [0.15, 0.2) is 34.0 Å². The molecule has 0 aromatic carbocycles. The van der Waals surface area contributed by atoms with E-state index in [1.165, 1.54) is 18.5 Å². The molecule has 0 bridgehead atoms. The summed E-state index contributed by atoms with van der Waals surface area (Å²) in [4.78, 5) is 3.75. The van der Waals surface area contributed by atoms with Crippen molar-refractivity contribution >= 4 is 16.0 Å². The lowest BCUT2D eigenvalue weighted by Crippen LogP contribution is -2.15. The van der Waals surface area contributed by atoms with Crippen LogP contribution < -0.4 is 10.0 Å². The third-order valence-electron chi connectivity index (χ3n) is 2.75. The van der Waals surface area contributed by atoms with Gasteiger partial charge < -0.3 is 9.73 Å². The van der Waals surface area contributed by atoms with Gasteiger partial charge in [0, 0.05) is 6.04 Å². The van der Waals surface area contributed by atoms with Gasteiger partial charge in [0.1, 0.15) is 5.76 Å². The van der Waals surface area contributed by atoms with Gasteiger partial charge in [0.2, 0.25) is 5.09 Å². The molecule has 0 atom stereocenters. The van der Waals surface area contributed by atoms with Gasteiger partial charge in [-0.2, -0.15) is 13.5 Å². The number of furan rings is 1. The van der Waals surface area contributed by atoms with E-state index in [9.17, 15) is 8.42 Å². The average molecular weight is 295 g/mol. The lowest BCUT2D eigenvalue weighted by Gasteiger charge is -2.02. The summed E-state index contributed by atoms with van der Waals surface area (Å²) in [6.07, 6.45) is 5.02. The lowest BCUT2D eigenvalue weighted by atomic mass is 10.4. The van der Waals surface area contributed by atoms with Crippen LogP contribution in [0.1, 0.15) is 18.6 Å². The Balaban J connectivity index is 1.70. The van der Waals surface area contributed by atoms with Crippen molar-refractivity contribution in [2.45, 2.75) is 30.5 Å². The highest BCUT2D eigenvalue weighted by molar-refractivity contribution is 7.92. The molecule has 1 saturated carbocycles. The van der Waals surface area contributed by atoms with E-state index in [4.69, 9.17) is 4.42 Å². The van der Waals surface area contributed by atoms with Crippen LogP contribution in [0.2, 0.25) is 0 Å². The second-order valence-electron chi connectivity index (χ2n) is 4.45. The Hall–Kier alpha value is -2.00. The van der Waals surface area contributed by atoms with Crippen LogP contribution in [-0.2, 0) is 16.6 Å². The van der Waals surface area contributed by atoms with Crippen LogP contribution in [-0.4, -0.2) is 29.6 Å². The third-order valence-corrected chi connectivity index (χ3v) is 3.95. The predicted octanol–water partition coefficient (Wildman–Crippen LogP) is 0.517. The van der Waals surface area contributed by atoms with E-state index < -0.39 is 10.0 Å². The molecule has 1 aliphatic carbocycles. The summed E-state index contributed by atoms with van der Waals surface area (Å²) in [5.41, 5.74) is 0. The molecule has 1 aliphatic rings. The normalized spacial score (nSPS) is 15.2. The maximum Gasteiger partial charge on any atom is 0.297 e. The van der Waals surface area contributed by atoms with E-state index >= 15 is 0 Å². The lowest BCUT2D eigenvalue weighted by molar-refractivity contribution is 0.403. The molecule has 0 aliphatic heterocycles. The van der Waals surface area contributed by atoms with E-state index in [1.54, 1.807) is 6.07 Å². The summed E-state index contributed by atoms with van der Waals surface area (Å²) < 4.78 is 31.6. The van der Waals surface area contributed by atoms with E-state index in [2.05, 4.69) is 25.2 Å². The summed E-state index contributed by atoms with van der Waals surface area (Å²) in [6.45, 7) is 0.517. The van der Waals surface area contributed by atoms with Crippen LogP contribution in [0.4, 0.5) is 5.95 Å². The minimum atomic E-state index is -3.82. The summed E-state index contributed by atoms with van der Waals surface area (Å²) >= 11 is 0. The minimum Gasteiger partial charge on any atom is -0.446 e. The minimum absolute atomic E-state index is 0.0958. The molecule has 2 N–H and O–H groups in total. The fourth-order valence-electron chi connectivity index (χ4n) is 1.59. The second-order valence-corrected chi connectivity index (χ2v) is 6.06. The number of nitrogens with one attached hydrogen (secondary N) is 2. The van der Waals surface area contributed by atoms with Crippen molar-refractivity contribution < 1.29 is 12.8 Å². The standard InChI is InChI=1S/C11H13N5O3S/c17-20(18,16-11-12-5-6-14-15-11)10-4-3-9(19-10)7-13-8-1-2-8/h3-6,8,13H,1-2,7H2,(H,12,15,16). The van der Waals surface area contributed by atoms with Crippen molar-refractivity contribution in [3.8, 4) is 0 Å². The van der Waals surface area contributed by atoms with Gasteiger partial charge >= 0.3 is 0 Å². The Kier molecular flexibility index (Phi) is 3.36. The van der Waals surface area contributed by atoms with Crippen LogP contribution in [0.5, 0.6) is 0 Å². The number of anilines is 1. The number of nitrogens with zero attached hydrogens (tertiary/aromatic N) is 3. The highest BCUT2D eigenvalue weighted by Gasteiger charge is 2.23. The Morgan fingerprint density at radius 3 is 2.85 bits per heavy atom. The molecular weight excluding hydrogens is 282 g/mol. The monoisotopic (exact) mass is 295 g/mol. The van der Waals surface area contributed by atoms with Gasteiger partial charge in [-0.15, -0.1) is 5.10 Å². The first kappa shape index (κ1) is 13.0. The van der Waals surface area contributed by atoms with E-state index in [-0.39, 0.29) is 11.0 Å². The number of aromatic nitrogens is 3. The molecule has 106 valence electrons. The zero-order valence-corrected chi connectivity index (χ0v) is 11.3. The maximum absolute atomic E-state index is 12.0. The molecule has 20 heavy (non-hydrogen) atoms. The summed E-state index contributed by atoms with van der Waals surface area (Å²) in [6, 6.07) is 3.57. The molecule has 0 spiro atoms. The third kappa shape index (κ3) is 3.11. The summed E-state index contributed by atoms with van der Waals surface area (Å²) in [7, 11) is -3.82. The van der Waals surface area contributed by atoms with Gasteiger partial charge in [-0.25, -0.2) is 9.71 Å². The maximum atomic E-state index is 12.0. The van der Waals surface area contributed by atoms with Crippen molar-refractivity contribution in [1.29, 1.82) is 0 Å². The van der Waals surface area contributed by atoms with Crippen molar-refractivity contribution in [2.75, 3.05) is 4.72 Å². The molecule has 0 unspecified atom stereocenters. The molecule has 2 aromatic heterocycles. The molecule has 0 amide bonds. The molecule has 0 radical (unpaired) electrons. The number of hydrogen-bond acceptors (Lipinski definition) is 7. The number of hydrogen-bond donors (Lipinski definition) is 2. The van der Waals surface area contributed by atoms with Crippen molar-refractivity contribution in [3.63, 3.8) is 0 Å². The fraction of sp³-hybridized carbons (Fsp3) is 0.364. The van der Waals surface area contributed by atoms with Crippen LogP contribution in [0.25, 0.3) is 0 Å². The largest absolute Gasteiger partial charge is 0.446 e. The summed E-state index contributed by atoms with van der Waals surface area (Å²) in [5.74, 6) is 0.478. The quantitative estimate of drug-likeness (QED) is 0.799. The first-order valence-electron chi connectivity index (χ1n) is 6.12. The molecule has 9 heteroatoms. The second kappa shape index (κ2) is 5.17. The Morgan fingerprint density at radius 2 is 2.15 bits per heavy atom. The zero-order chi connectivity index (χ0) is 14.0. The SMILES string of the molecule is O=S(=O)(Nc1nccnn1)c1ccc(CNC2CC2)o1. The van der Waals surface area contributed by atoms with Crippen LogP contribution >= 0.6 is 0 Å². The number of sulfonamides is 1. The molecule has 0 saturated heterocycles. The Bertz CT molecular complexity index is 681. The molecule has 3 rings (SSSR count). The fourth-order valence-corrected chi connectivity index (χ4v) is 2.49. The smallest absolute Gasteiger partial charge is 0.297 e. The van der Waals surface area contributed by atoms with Gasteiger partial charge in [0.15, 0.2) is 0 Å². The first-order valence-corrected chi connectivity index (χ1v) is 7.60. The zero-order valence-electron chi connectivity index (χ0n) is 10.5. The van der Waals surface area contributed by atoms with Gasteiger partial charge in [-0.3, -0.25) is 0 Å². The molecule has 8 nitrogen and oxygen atoms in total. The Morgan fingerprint density at radius 1 is 1.30 bits per heavy atom. The molecule has 2 aromatic rings. The van der Waals surface area contributed by atoms with E-state index in [0.29, 0.717) is 18.3 Å². The average Bonchev–Trinajstić information content (AvgIpc) is 3.13. The summed E-state index contributed by atoms with van der Waals surface area (Å²) in [5, 5.41) is 10.2. The molecule has 2 heterocycles. The van der Waals surface area contributed by atoms with Crippen molar-refractivity contribution in [2.24, 2.45) is 0 Å². The number of rotatable bonds is 6. The van der Waals surface area contributed by atoms with Crippen molar-refractivity contribution in [1.82, 2.24) is 20.5 Å². The van der Waals surface area contributed by atoms with Crippen LogP contribution in [0.3, 0.4) is 0 Å².